The van der Waals surface area contributed by atoms with Crippen LogP contribution in [0.5, 0.6) is 0 Å². The lowest BCUT2D eigenvalue weighted by molar-refractivity contribution is 0.0989. The number of hydrogen-bond donors (Lipinski definition) is 1. The van der Waals surface area contributed by atoms with Crippen LogP contribution in [0.25, 0.3) is 0 Å². The van der Waals surface area contributed by atoms with Gasteiger partial charge in [-0.2, -0.15) is 0 Å². The van der Waals surface area contributed by atoms with E-state index in [0.29, 0.717) is 17.9 Å². The summed E-state index contributed by atoms with van der Waals surface area (Å²) in [6.45, 7) is 0.00395. The number of alkyl halides is 1. The van der Waals surface area contributed by atoms with Gasteiger partial charge in [0.05, 0.1) is 6.61 Å². The van der Waals surface area contributed by atoms with Crippen molar-refractivity contribution < 1.29 is 9.90 Å². The third kappa shape index (κ3) is 2.83. The van der Waals surface area contributed by atoms with Crippen molar-refractivity contribution in [3.05, 3.63) is 35.4 Å². The first-order valence-electron chi connectivity index (χ1n) is 4.07. The first-order chi connectivity index (χ1) is 6.27. The van der Waals surface area contributed by atoms with Gasteiger partial charge in [0.1, 0.15) is 0 Å². The van der Waals surface area contributed by atoms with Crippen molar-refractivity contribution in [3.63, 3.8) is 0 Å². The highest BCUT2D eigenvalue weighted by molar-refractivity contribution is 6.19. The van der Waals surface area contributed by atoms with Crippen molar-refractivity contribution in [2.45, 2.75) is 13.0 Å². The molecule has 1 aromatic carbocycles. The number of halogens is 1. The quantitative estimate of drug-likeness (QED) is 0.594. The Hall–Kier alpha value is -0.860. The maximum absolute atomic E-state index is 11.3. The fraction of sp³-hybridized carbons (Fsp3) is 0.300. The number of aliphatic hydroxyl groups is 1. The molecular weight excluding hydrogens is 188 g/mol. The monoisotopic (exact) mass is 198 g/mol. The lowest BCUT2D eigenvalue weighted by atomic mass is 10.1. The molecule has 0 heterocycles. The number of benzene rings is 1. The summed E-state index contributed by atoms with van der Waals surface area (Å²) in [5, 5.41) is 8.76. The predicted molar refractivity (Wildman–Crippen MR) is 52.0 cm³/mol. The molecule has 0 aliphatic carbocycles. The first-order valence-corrected chi connectivity index (χ1v) is 4.60. The van der Waals surface area contributed by atoms with Gasteiger partial charge >= 0.3 is 0 Å². The highest BCUT2D eigenvalue weighted by atomic mass is 35.5. The van der Waals surface area contributed by atoms with Crippen LogP contribution in [0.3, 0.4) is 0 Å². The number of aliphatic hydroxyl groups excluding tert-OH is 1. The van der Waals surface area contributed by atoms with Crippen molar-refractivity contribution in [1.29, 1.82) is 0 Å². The van der Waals surface area contributed by atoms with Crippen LogP contribution in [-0.4, -0.2) is 16.8 Å². The Morgan fingerprint density at radius 3 is 2.38 bits per heavy atom. The van der Waals surface area contributed by atoms with Gasteiger partial charge in [-0.3, -0.25) is 4.79 Å². The zero-order chi connectivity index (χ0) is 9.68. The predicted octanol–water partition coefficient (Wildman–Crippen LogP) is 1.99. The lowest BCUT2D eigenvalue weighted by Crippen LogP contribution is -1.99. The van der Waals surface area contributed by atoms with E-state index in [9.17, 15) is 4.79 Å². The maximum atomic E-state index is 11.3. The standard InChI is InChI=1S/C10H11ClO2/c11-6-5-10(13)9-3-1-8(7-12)2-4-9/h1-4,12H,5-7H2. The van der Waals surface area contributed by atoms with Crippen LogP contribution in [-0.2, 0) is 6.61 Å². The van der Waals surface area contributed by atoms with Gasteiger partial charge in [-0.25, -0.2) is 0 Å². The molecule has 1 aromatic rings. The molecule has 0 unspecified atom stereocenters. The summed E-state index contributed by atoms with van der Waals surface area (Å²) < 4.78 is 0. The highest BCUT2D eigenvalue weighted by Crippen LogP contribution is 2.07. The molecule has 3 heteroatoms. The topological polar surface area (TPSA) is 37.3 Å². The van der Waals surface area contributed by atoms with E-state index in [1.807, 2.05) is 0 Å². The Kier molecular flexibility index (Phi) is 3.93. The van der Waals surface area contributed by atoms with Crippen LogP contribution in [0, 0.1) is 0 Å². The summed E-state index contributed by atoms with van der Waals surface area (Å²) in [7, 11) is 0. The number of carbonyl (C=O) groups excluding carboxylic acids is 1. The molecule has 0 aromatic heterocycles. The number of carbonyl (C=O) groups is 1. The minimum absolute atomic E-state index is 0.00395. The molecule has 1 N–H and O–H groups in total. The van der Waals surface area contributed by atoms with Gasteiger partial charge in [0.25, 0.3) is 0 Å². The van der Waals surface area contributed by atoms with Crippen molar-refractivity contribution in [2.75, 3.05) is 5.88 Å². The second kappa shape index (κ2) is 5.00. The van der Waals surface area contributed by atoms with Crippen molar-refractivity contribution >= 4 is 17.4 Å². The Morgan fingerprint density at radius 1 is 1.31 bits per heavy atom. The molecular formula is C10H11ClO2. The average Bonchev–Trinajstić information content (AvgIpc) is 2.18. The zero-order valence-corrected chi connectivity index (χ0v) is 7.92. The van der Waals surface area contributed by atoms with Crippen LogP contribution in [0.2, 0.25) is 0 Å². The fourth-order valence-corrected chi connectivity index (χ4v) is 1.20. The second-order valence-corrected chi connectivity index (χ2v) is 3.10. The summed E-state index contributed by atoms with van der Waals surface area (Å²) >= 11 is 5.44. The van der Waals surface area contributed by atoms with Crippen LogP contribution in [0.1, 0.15) is 22.3 Å². The lowest BCUT2D eigenvalue weighted by Gasteiger charge is -1.99. The Morgan fingerprint density at radius 2 is 1.92 bits per heavy atom. The Labute approximate surface area is 82.2 Å². The normalized spacial score (nSPS) is 10.0. The van der Waals surface area contributed by atoms with Gasteiger partial charge in [-0.05, 0) is 5.56 Å². The van der Waals surface area contributed by atoms with Gasteiger partial charge < -0.3 is 5.11 Å². The van der Waals surface area contributed by atoms with E-state index in [0.717, 1.165) is 5.56 Å². The van der Waals surface area contributed by atoms with E-state index in [1.165, 1.54) is 0 Å². The molecule has 70 valence electrons. The van der Waals surface area contributed by atoms with E-state index < -0.39 is 0 Å². The van der Waals surface area contributed by atoms with Gasteiger partial charge in [-0.1, -0.05) is 24.3 Å². The van der Waals surface area contributed by atoms with Crippen molar-refractivity contribution in [3.8, 4) is 0 Å². The molecule has 2 nitrogen and oxygen atoms in total. The maximum Gasteiger partial charge on any atom is 0.164 e. The number of Topliss-reactive ketones (excluding diaryl/α,β-unsaturated/α-hetero) is 1. The van der Waals surface area contributed by atoms with Crippen molar-refractivity contribution in [2.24, 2.45) is 0 Å². The number of hydrogen-bond acceptors (Lipinski definition) is 2. The smallest absolute Gasteiger partial charge is 0.164 e. The van der Waals surface area contributed by atoms with Crippen LogP contribution in [0.4, 0.5) is 0 Å². The van der Waals surface area contributed by atoms with E-state index in [4.69, 9.17) is 16.7 Å². The molecule has 0 spiro atoms. The minimum Gasteiger partial charge on any atom is -0.392 e. The molecule has 0 radical (unpaired) electrons. The van der Waals surface area contributed by atoms with Gasteiger partial charge in [-0.15, -0.1) is 11.6 Å². The molecule has 0 fully saturated rings. The largest absolute Gasteiger partial charge is 0.392 e. The van der Waals surface area contributed by atoms with Crippen LogP contribution in [0.15, 0.2) is 24.3 Å². The molecule has 0 aliphatic rings. The van der Waals surface area contributed by atoms with E-state index in [1.54, 1.807) is 24.3 Å². The number of ketones is 1. The van der Waals surface area contributed by atoms with E-state index in [2.05, 4.69) is 0 Å². The summed E-state index contributed by atoms with van der Waals surface area (Å²) in [6.07, 6.45) is 0.361. The summed E-state index contributed by atoms with van der Waals surface area (Å²) in [5.41, 5.74) is 1.46. The SMILES string of the molecule is O=C(CCCl)c1ccc(CO)cc1. The first kappa shape index (κ1) is 10.2. The fourth-order valence-electron chi connectivity index (χ4n) is 1.03. The summed E-state index contributed by atoms with van der Waals surface area (Å²) in [5.74, 6) is 0.389. The molecule has 0 aliphatic heterocycles. The Bertz CT molecular complexity index is 279. The van der Waals surface area contributed by atoms with Gasteiger partial charge in [0, 0.05) is 17.9 Å². The van der Waals surface area contributed by atoms with Gasteiger partial charge in [0.2, 0.25) is 0 Å². The zero-order valence-electron chi connectivity index (χ0n) is 7.16. The molecule has 0 saturated carbocycles. The van der Waals surface area contributed by atoms with Crippen LogP contribution >= 0.6 is 11.6 Å². The molecule has 0 atom stereocenters. The second-order valence-electron chi connectivity index (χ2n) is 2.72. The highest BCUT2D eigenvalue weighted by Gasteiger charge is 2.03. The molecule has 0 bridgehead atoms. The third-order valence-corrected chi connectivity index (χ3v) is 1.97. The van der Waals surface area contributed by atoms with E-state index in [-0.39, 0.29) is 12.4 Å². The molecule has 0 saturated heterocycles. The van der Waals surface area contributed by atoms with Crippen LogP contribution < -0.4 is 0 Å². The van der Waals surface area contributed by atoms with Crippen molar-refractivity contribution in [1.82, 2.24) is 0 Å². The third-order valence-electron chi connectivity index (χ3n) is 1.78. The minimum atomic E-state index is 0.00395. The molecule has 0 amide bonds. The summed E-state index contributed by atoms with van der Waals surface area (Å²) in [6, 6.07) is 6.89. The average molecular weight is 199 g/mol. The van der Waals surface area contributed by atoms with E-state index >= 15 is 0 Å². The molecule has 1 rings (SSSR count). The number of rotatable bonds is 4. The van der Waals surface area contributed by atoms with Gasteiger partial charge in [0.15, 0.2) is 5.78 Å². The molecule has 13 heavy (non-hydrogen) atoms. The summed E-state index contributed by atoms with van der Waals surface area (Å²) in [4.78, 5) is 11.3. The Balaban J connectivity index is 2.74.